The molecule has 0 spiro atoms. The molecule has 0 radical (unpaired) electrons. The van der Waals surface area contributed by atoms with E-state index in [1.165, 1.54) is 23.0 Å². The van der Waals surface area contributed by atoms with Crippen molar-refractivity contribution in [3.63, 3.8) is 0 Å². The van der Waals surface area contributed by atoms with Gasteiger partial charge in [-0.1, -0.05) is 38.5 Å². The number of nitrogens with one attached hydrogen (secondary N) is 1. The Morgan fingerprint density at radius 1 is 1.26 bits per heavy atom. The van der Waals surface area contributed by atoms with Crippen LogP contribution in [0.25, 0.3) is 10.9 Å². The molecule has 0 aliphatic rings. The predicted molar refractivity (Wildman–Crippen MR) is 81.3 cm³/mol. The van der Waals surface area contributed by atoms with Crippen LogP contribution in [-0.2, 0) is 13.5 Å². The summed E-state index contributed by atoms with van der Waals surface area (Å²) < 4.78 is 2.00. The molecule has 1 aromatic carbocycles. The van der Waals surface area contributed by atoms with Gasteiger partial charge in [0.2, 0.25) is 0 Å². The zero-order valence-electron chi connectivity index (χ0n) is 12.5. The molecule has 2 unspecified atom stereocenters. The minimum absolute atomic E-state index is 0.538. The van der Waals surface area contributed by atoms with Crippen molar-refractivity contribution in [3.8, 4) is 0 Å². The van der Waals surface area contributed by atoms with E-state index in [0.717, 1.165) is 13.0 Å². The van der Waals surface area contributed by atoms with E-state index in [1.807, 2.05) is 11.7 Å². The van der Waals surface area contributed by atoms with E-state index in [2.05, 4.69) is 50.4 Å². The molecule has 3 heteroatoms. The lowest BCUT2D eigenvalue weighted by Crippen LogP contribution is -2.34. The van der Waals surface area contributed by atoms with Crippen molar-refractivity contribution in [3.05, 3.63) is 30.0 Å². The number of hydrogen-bond acceptors (Lipinski definition) is 2. The second-order valence-corrected chi connectivity index (χ2v) is 5.31. The maximum atomic E-state index is 4.71. The third-order valence-electron chi connectivity index (χ3n) is 4.05. The van der Waals surface area contributed by atoms with Crippen molar-refractivity contribution >= 4 is 10.9 Å². The topological polar surface area (TPSA) is 29.9 Å². The van der Waals surface area contributed by atoms with Crippen LogP contribution < -0.4 is 5.32 Å². The molecular weight excluding hydrogens is 234 g/mol. The molecule has 19 heavy (non-hydrogen) atoms. The van der Waals surface area contributed by atoms with Crippen LogP contribution in [0.15, 0.2) is 24.3 Å². The third kappa shape index (κ3) is 2.98. The van der Waals surface area contributed by atoms with Crippen molar-refractivity contribution in [2.45, 2.75) is 39.7 Å². The smallest absolute Gasteiger partial charge is 0.0706 e. The molecule has 0 saturated heterocycles. The Labute approximate surface area is 116 Å². The van der Waals surface area contributed by atoms with E-state index in [9.17, 15) is 0 Å². The molecule has 0 saturated carbocycles. The highest BCUT2D eigenvalue weighted by Crippen LogP contribution is 2.22. The largest absolute Gasteiger partial charge is 0.314 e. The van der Waals surface area contributed by atoms with Gasteiger partial charge < -0.3 is 5.32 Å². The number of aryl methyl sites for hydroxylation is 1. The SMILES string of the molecule is CCNC(C)C(CC)Cc1nn(C)c2ccccc12. The van der Waals surface area contributed by atoms with Gasteiger partial charge in [-0.15, -0.1) is 0 Å². The first-order valence-corrected chi connectivity index (χ1v) is 7.31. The van der Waals surface area contributed by atoms with Gasteiger partial charge in [0.25, 0.3) is 0 Å². The highest BCUT2D eigenvalue weighted by molar-refractivity contribution is 5.81. The molecule has 0 amide bonds. The van der Waals surface area contributed by atoms with Gasteiger partial charge >= 0.3 is 0 Å². The number of nitrogens with zero attached hydrogens (tertiary/aromatic N) is 2. The van der Waals surface area contributed by atoms with Crippen molar-refractivity contribution in [2.24, 2.45) is 13.0 Å². The highest BCUT2D eigenvalue weighted by Gasteiger charge is 2.18. The van der Waals surface area contributed by atoms with Crippen LogP contribution in [0.2, 0.25) is 0 Å². The summed E-state index contributed by atoms with van der Waals surface area (Å²) in [7, 11) is 2.03. The average molecular weight is 259 g/mol. The van der Waals surface area contributed by atoms with E-state index in [-0.39, 0.29) is 0 Å². The van der Waals surface area contributed by atoms with Crippen LogP contribution >= 0.6 is 0 Å². The maximum absolute atomic E-state index is 4.71. The van der Waals surface area contributed by atoms with Crippen molar-refractivity contribution in [1.82, 2.24) is 15.1 Å². The lowest BCUT2D eigenvalue weighted by atomic mass is 9.92. The highest BCUT2D eigenvalue weighted by atomic mass is 15.3. The summed E-state index contributed by atoms with van der Waals surface area (Å²) in [5.74, 6) is 0.637. The molecule has 1 heterocycles. The van der Waals surface area contributed by atoms with Gasteiger partial charge in [0.1, 0.15) is 0 Å². The van der Waals surface area contributed by atoms with Gasteiger partial charge in [-0.25, -0.2) is 0 Å². The summed E-state index contributed by atoms with van der Waals surface area (Å²) in [5, 5.41) is 9.54. The molecule has 0 bridgehead atoms. The van der Waals surface area contributed by atoms with E-state index >= 15 is 0 Å². The molecule has 1 aromatic heterocycles. The van der Waals surface area contributed by atoms with Gasteiger partial charge in [-0.3, -0.25) is 4.68 Å². The standard InChI is InChI=1S/C16H25N3/c1-5-13(12(3)17-6-2)11-15-14-9-7-8-10-16(14)19(4)18-15/h7-10,12-13,17H,5-6,11H2,1-4H3. The molecule has 3 nitrogen and oxygen atoms in total. The molecule has 1 N–H and O–H groups in total. The van der Waals surface area contributed by atoms with E-state index < -0.39 is 0 Å². The molecule has 2 aromatic rings. The minimum atomic E-state index is 0.538. The van der Waals surface area contributed by atoms with Gasteiger partial charge in [0, 0.05) is 18.5 Å². The van der Waals surface area contributed by atoms with Crippen LogP contribution in [-0.4, -0.2) is 22.4 Å². The summed E-state index contributed by atoms with van der Waals surface area (Å²) in [5.41, 5.74) is 2.46. The molecule has 2 rings (SSSR count). The first-order valence-electron chi connectivity index (χ1n) is 7.31. The first kappa shape index (κ1) is 14.1. The van der Waals surface area contributed by atoms with Gasteiger partial charge in [-0.2, -0.15) is 5.10 Å². The molecule has 0 aliphatic heterocycles. The van der Waals surface area contributed by atoms with Crippen molar-refractivity contribution in [2.75, 3.05) is 6.54 Å². The molecular formula is C16H25N3. The number of hydrogen-bond donors (Lipinski definition) is 1. The Morgan fingerprint density at radius 2 is 2.00 bits per heavy atom. The number of rotatable bonds is 6. The van der Waals surface area contributed by atoms with Crippen LogP contribution in [0.1, 0.15) is 32.9 Å². The molecule has 2 atom stereocenters. The lowest BCUT2D eigenvalue weighted by molar-refractivity contribution is 0.365. The Bertz CT molecular complexity index is 530. The van der Waals surface area contributed by atoms with Gasteiger partial charge in [0.05, 0.1) is 11.2 Å². The van der Waals surface area contributed by atoms with E-state index in [0.29, 0.717) is 12.0 Å². The zero-order chi connectivity index (χ0) is 13.8. The van der Waals surface area contributed by atoms with Gasteiger partial charge in [-0.05, 0) is 31.9 Å². The Kier molecular flexibility index (Phi) is 4.59. The molecule has 0 fully saturated rings. The third-order valence-corrected chi connectivity index (χ3v) is 4.05. The molecule has 104 valence electrons. The first-order chi connectivity index (χ1) is 9.17. The Balaban J connectivity index is 2.24. The Morgan fingerprint density at radius 3 is 2.68 bits per heavy atom. The van der Waals surface area contributed by atoms with Crippen molar-refractivity contribution < 1.29 is 0 Å². The summed E-state index contributed by atoms with van der Waals surface area (Å²) in [6.07, 6.45) is 2.23. The van der Waals surface area contributed by atoms with Gasteiger partial charge in [0.15, 0.2) is 0 Å². The predicted octanol–water partition coefficient (Wildman–Crippen LogP) is 3.14. The average Bonchev–Trinajstić information content (AvgIpc) is 2.73. The monoisotopic (exact) mass is 259 g/mol. The van der Waals surface area contributed by atoms with E-state index in [4.69, 9.17) is 5.10 Å². The van der Waals surface area contributed by atoms with E-state index in [1.54, 1.807) is 0 Å². The maximum Gasteiger partial charge on any atom is 0.0706 e. The van der Waals surface area contributed by atoms with Crippen molar-refractivity contribution in [1.29, 1.82) is 0 Å². The summed E-state index contributed by atoms with van der Waals surface area (Å²) >= 11 is 0. The number of para-hydroxylation sites is 1. The molecule has 0 aliphatic carbocycles. The van der Waals surface area contributed by atoms with Crippen LogP contribution in [0.5, 0.6) is 0 Å². The fraction of sp³-hybridized carbons (Fsp3) is 0.562. The minimum Gasteiger partial charge on any atom is -0.314 e. The lowest BCUT2D eigenvalue weighted by Gasteiger charge is -2.22. The summed E-state index contributed by atoms with van der Waals surface area (Å²) in [4.78, 5) is 0. The fourth-order valence-electron chi connectivity index (χ4n) is 2.85. The number of fused-ring (bicyclic) bond motifs is 1. The Hall–Kier alpha value is -1.35. The number of benzene rings is 1. The summed E-state index contributed by atoms with van der Waals surface area (Å²) in [6.45, 7) is 7.74. The fourth-order valence-corrected chi connectivity index (χ4v) is 2.85. The second-order valence-electron chi connectivity index (χ2n) is 5.31. The quantitative estimate of drug-likeness (QED) is 0.863. The normalized spacial score (nSPS) is 14.7. The van der Waals surface area contributed by atoms with Crippen LogP contribution in [0, 0.1) is 5.92 Å². The zero-order valence-corrected chi connectivity index (χ0v) is 12.5. The second kappa shape index (κ2) is 6.20. The van der Waals surface area contributed by atoms with Crippen LogP contribution in [0.4, 0.5) is 0 Å². The summed E-state index contributed by atoms with van der Waals surface area (Å²) in [6, 6.07) is 9.04. The van der Waals surface area contributed by atoms with Crippen LogP contribution in [0.3, 0.4) is 0 Å². The number of aromatic nitrogens is 2.